The molecule has 1 amide bonds. The first-order valence-electron chi connectivity index (χ1n) is 10.0. The second-order valence-electron chi connectivity index (χ2n) is 6.14. The van der Waals surface area contributed by atoms with E-state index in [0.717, 1.165) is 44.8 Å². The summed E-state index contributed by atoms with van der Waals surface area (Å²) in [5.74, 6) is 0.0152. The molecule has 0 radical (unpaired) electrons. The highest BCUT2D eigenvalue weighted by molar-refractivity contribution is 7.69. The van der Waals surface area contributed by atoms with Crippen LogP contribution in [0, 0.1) is 0 Å². The fourth-order valence-electron chi connectivity index (χ4n) is 3.74. The summed E-state index contributed by atoms with van der Waals surface area (Å²) >= 11 is 0. The van der Waals surface area contributed by atoms with Crippen LogP contribution in [-0.4, -0.2) is 65.5 Å². The van der Waals surface area contributed by atoms with E-state index in [0.29, 0.717) is 6.29 Å². The minimum atomic E-state index is -1.83. The molecule has 0 fully saturated rings. The molecular weight excluding hydrogens is 343 g/mol. The zero-order valence-corrected chi connectivity index (χ0v) is 18.4. The van der Waals surface area contributed by atoms with Crippen molar-refractivity contribution in [2.24, 2.45) is 0 Å². The van der Waals surface area contributed by atoms with Crippen molar-refractivity contribution in [2.45, 2.75) is 41.5 Å². The molecule has 0 unspecified atom stereocenters. The van der Waals surface area contributed by atoms with Crippen molar-refractivity contribution in [2.75, 3.05) is 45.6 Å². The van der Waals surface area contributed by atoms with Gasteiger partial charge in [0.1, 0.15) is 0 Å². The van der Waals surface area contributed by atoms with Crippen LogP contribution in [0.4, 0.5) is 0 Å². The first-order valence-corrected chi connectivity index (χ1v) is 11.9. The molecule has 1 aromatic carbocycles. The van der Waals surface area contributed by atoms with Gasteiger partial charge in [0.15, 0.2) is 6.29 Å². The summed E-state index contributed by atoms with van der Waals surface area (Å²) in [6.07, 6.45) is 0.686. The van der Waals surface area contributed by atoms with Gasteiger partial charge in [0, 0.05) is 44.8 Å². The van der Waals surface area contributed by atoms with E-state index in [1.807, 2.05) is 30.3 Å². The highest BCUT2D eigenvalue weighted by atomic mass is 31.2. The van der Waals surface area contributed by atoms with Gasteiger partial charge in [-0.1, -0.05) is 18.2 Å². The largest absolute Gasteiger partial charge is 0.316 e. The van der Waals surface area contributed by atoms with Gasteiger partial charge in [-0.25, -0.2) is 0 Å². The standard InChI is InChI=1S/C20H37N4OP/c1-7-22(8-2)26(23(9-3)10-4,24(11-5)12-6)18-21-20(25)19-16-14-13-15-17-19/h13-17H,7-12,18H2,1-6H3/p+1. The van der Waals surface area contributed by atoms with Crippen LogP contribution in [0.15, 0.2) is 30.3 Å². The molecule has 0 heterocycles. The molecule has 1 N–H and O–H groups in total. The Balaban J connectivity index is 3.24. The summed E-state index contributed by atoms with van der Waals surface area (Å²) in [7, 11) is -1.83. The van der Waals surface area contributed by atoms with Gasteiger partial charge in [-0.2, -0.15) is 0 Å². The monoisotopic (exact) mass is 381 g/mol. The summed E-state index contributed by atoms with van der Waals surface area (Å²) in [6, 6.07) is 9.52. The van der Waals surface area contributed by atoms with Crippen LogP contribution in [-0.2, 0) is 0 Å². The van der Waals surface area contributed by atoms with Gasteiger partial charge in [0.2, 0.25) is 7.71 Å². The highest BCUT2D eigenvalue weighted by Crippen LogP contribution is 2.66. The Morgan fingerprint density at radius 3 is 1.50 bits per heavy atom. The average Bonchev–Trinajstić information content (AvgIpc) is 2.69. The third-order valence-corrected chi connectivity index (χ3v) is 10.0. The topological polar surface area (TPSA) is 38.8 Å². The normalized spacial score (nSPS) is 12.2. The number of hydrogen-bond acceptors (Lipinski definition) is 4. The lowest BCUT2D eigenvalue weighted by Crippen LogP contribution is -2.49. The molecule has 148 valence electrons. The zero-order valence-electron chi connectivity index (χ0n) is 17.5. The molecule has 0 atom stereocenters. The summed E-state index contributed by atoms with van der Waals surface area (Å²) in [4.78, 5) is 12.7. The van der Waals surface area contributed by atoms with Crippen LogP contribution in [0.3, 0.4) is 0 Å². The molecule has 0 aromatic heterocycles. The molecule has 1 aromatic rings. The minimum absolute atomic E-state index is 0.0152. The molecule has 0 aliphatic carbocycles. The fourth-order valence-corrected chi connectivity index (χ4v) is 8.48. The number of carbonyl (C=O) groups excluding carboxylic acids is 1. The molecule has 0 saturated heterocycles. The Morgan fingerprint density at radius 1 is 0.769 bits per heavy atom. The number of carbonyl (C=O) groups is 1. The van der Waals surface area contributed by atoms with Crippen molar-refractivity contribution in [1.82, 2.24) is 19.3 Å². The van der Waals surface area contributed by atoms with Gasteiger partial charge in [0.25, 0.3) is 5.91 Å². The van der Waals surface area contributed by atoms with Crippen molar-refractivity contribution < 1.29 is 4.79 Å². The number of nitrogens with zero attached hydrogens (tertiary/aromatic N) is 3. The van der Waals surface area contributed by atoms with Crippen LogP contribution < -0.4 is 5.32 Å². The number of benzene rings is 1. The maximum Gasteiger partial charge on any atom is 0.254 e. The maximum atomic E-state index is 12.7. The van der Waals surface area contributed by atoms with Crippen molar-refractivity contribution in [3.8, 4) is 0 Å². The maximum absolute atomic E-state index is 12.7. The summed E-state index contributed by atoms with van der Waals surface area (Å²) in [5, 5.41) is 3.27. The van der Waals surface area contributed by atoms with E-state index in [9.17, 15) is 4.79 Å². The summed E-state index contributed by atoms with van der Waals surface area (Å²) < 4.78 is 7.74. The molecule has 0 saturated carbocycles. The molecule has 6 heteroatoms. The third kappa shape index (κ3) is 5.04. The second kappa shape index (κ2) is 11.7. The Labute approximate surface area is 161 Å². The van der Waals surface area contributed by atoms with Gasteiger partial charge in [0.05, 0.1) is 0 Å². The van der Waals surface area contributed by atoms with E-state index in [-0.39, 0.29) is 5.91 Å². The Morgan fingerprint density at radius 2 is 1.15 bits per heavy atom. The molecule has 0 spiro atoms. The van der Waals surface area contributed by atoms with Crippen molar-refractivity contribution >= 4 is 13.6 Å². The lowest BCUT2D eigenvalue weighted by Gasteiger charge is -2.46. The number of rotatable bonds is 12. The minimum Gasteiger partial charge on any atom is -0.316 e. The second-order valence-corrected chi connectivity index (χ2v) is 9.54. The zero-order chi connectivity index (χ0) is 19.6. The molecule has 0 aliphatic rings. The van der Waals surface area contributed by atoms with E-state index in [4.69, 9.17) is 0 Å². The average molecular weight is 382 g/mol. The first-order chi connectivity index (χ1) is 12.5. The van der Waals surface area contributed by atoms with E-state index in [2.05, 4.69) is 60.9 Å². The van der Waals surface area contributed by atoms with Gasteiger partial charge >= 0.3 is 0 Å². The lowest BCUT2D eigenvalue weighted by molar-refractivity contribution is 0.0957. The number of nitrogens with one attached hydrogen (secondary N) is 1. The lowest BCUT2D eigenvalue weighted by atomic mass is 10.2. The molecular formula is C20H38N4OP+. The van der Waals surface area contributed by atoms with E-state index in [1.165, 1.54) is 0 Å². The Hall–Kier alpha value is -1.00. The van der Waals surface area contributed by atoms with Crippen LogP contribution in [0.25, 0.3) is 0 Å². The van der Waals surface area contributed by atoms with Crippen LogP contribution >= 0.6 is 7.71 Å². The van der Waals surface area contributed by atoms with E-state index >= 15 is 0 Å². The van der Waals surface area contributed by atoms with E-state index < -0.39 is 7.71 Å². The molecule has 5 nitrogen and oxygen atoms in total. The van der Waals surface area contributed by atoms with Crippen molar-refractivity contribution in [1.29, 1.82) is 0 Å². The van der Waals surface area contributed by atoms with E-state index in [1.54, 1.807) is 0 Å². The smallest absolute Gasteiger partial charge is 0.254 e. The van der Waals surface area contributed by atoms with Gasteiger partial charge in [-0.05, 0) is 53.7 Å². The Kier molecular flexibility index (Phi) is 10.3. The molecule has 1 rings (SSSR count). The number of amides is 1. The van der Waals surface area contributed by atoms with Crippen LogP contribution in [0.1, 0.15) is 51.9 Å². The number of hydrogen-bond donors (Lipinski definition) is 1. The summed E-state index contributed by atoms with van der Waals surface area (Å²) in [5.41, 5.74) is 0.726. The summed E-state index contributed by atoms with van der Waals surface area (Å²) in [6.45, 7) is 19.3. The van der Waals surface area contributed by atoms with Gasteiger partial charge in [-0.3, -0.25) is 4.79 Å². The molecule has 0 aliphatic heterocycles. The molecule has 0 bridgehead atoms. The predicted molar refractivity (Wildman–Crippen MR) is 114 cm³/mol. The highest BCUT2D eigenvalue weighted by Gasteiger charge is 2.53. The van der Waals surface area contributed by atoms with Crippen molar-refractivity contribution in [3.63, 3.8) is 0 Å². The Bertz CT molecular complexity index is 483. The third-order valence-electron chi connectivity index (χ3n) is 5.04. The van der Waals surface area contributed by atoms with Crippen LogP contribution in [0.5, 0.6) is 0 Å². The SMILES string of the molecule is CCN(CC)[P+](CNC(=O)c1ccccc1)(N(CC)CC)N(CC)CC. The fraction of sp³-hybridized carbons (Fsp3) is 0.650. The van der Waals surface area contributed by atoms with Crippen LogP contribution in [0.2, 0.25) is 0 Å². The predicted octanol–water partition coefficient (Wildman–Crippen LogP) is 4.16. The van der Waals surface area contributed by atoms with Gasteiger partial charge < -0.3 is 5.32 Å². The molecule has 26 heavy (non-hydrogen) atoms. The first kappa shape index (κ1) is 23.0. The van der Waals surface area contributed by atoms with Gasteiger partial charge in [-0.15, -0.1) is 14.0 Å². The van der Waals surface area contributed by atoms with Crippen molar-refractivity contribution in [3.05, 3.63) is 35.9 Å². The quantitative estimate of drug-likeness (QED) is 0.552.